The summed E-state index contributed by atoms with van der Waals surface area (Å²) in [6, 6.07) is 6.99. The van der Waals surface area contributed by atoms with Crippen molar-refractivity contribution in [2.75, 3.05) is 32.0 Å². The SMILES string of the molecule is C.CC1(C)C(CC(=O)/C(=N\OCCOc2ccc(C(N)=NCCCN)cc2)c2csc(N)n2)C(=O)N1OS(=O)(=O)O.S. The number of nitrogen functional groups attached to an aromatic ring is 1. The maximum atomic E-state index is 13.1. The molecule has 0 radical (unpaired) electrons. The number of rotatable bonds is 15. The molecule has 1 aromatic carbocycles. The summed E-state index contributed by atoms with van der Waals surface area (Å²) < 4.78 is 40.9. The van der Waals surface area contributed by atoms with Crippen LogP contribution in [-0.4, -0.2) is 78.1 Å². The van der Waals surface area contributed by atoms with E-state index in [4.69, 9.17) is 31.3 Å². The Balaban J connectivity index is 0.00000441. The van der Waals surface area contributed by atoms with Gasteiger partial charge in [-0.2, -0.15) is 27.0 Å². The number of hydroxylamine groups is 2. The number of anilines is 1. The number of hydrogen-bond donors (Lipinski definition) is 4. The number of oxime groups is 1. The molecule has 18 heteroatoms. The van der Waals surface area contributed by atoms with Gasteiger partial charge >= 0.3 is 10.4 Å². The maximum absolute atomic E-state index is 13.1. The molecule has 1 aromatic heterocycles. The van der Waals surface area contributed by atoms with Gasteiger partial charge in [-0.25, -0.2) is 4.98 Å². The zero-order valence-electron chi connectivity index (χ0n) is 22.3. The summed E-state index contributed by atoms with van der Waals surface area (Å²) >= 11 is 1.09. The summed E-state index contributed by atoms with van der Waals surface area (Å²) in [5.74, 6) is -1.38. The fraction of sp³-hybridized carbons (Fsp3) is 0.458. The third kappa shape index (κ3) is 9.63. The van der Waals surface area contributed by atoms with Gasteiger partial charge in [0.2, 0.25) is 0 Å². The number of amidine groups is 1. The molecular weight excluding hydrogens is 611 g/mol. The summed E-state index contributed by atoms with van der Waals surface area (Å²) in [7, 11) is -4.92. The van der Waals surface area contributed by atoms with Gasteiger partial charge in [0.25, 0.3) is 5.91 Å². The van der Waals surface area contributed by atoms with E-state index in [1.165, 1.54) is 19.2 Å². The highest BCUT2D eigenvalue weighted by molar-refractivity contribution is 7.80. The Kier molecular flexibility index (Phi) is 13.8. The molecule has 1 aliphatic heterocycles. The molecule has 3 rings (SSSR count). The molecule has 42 heavy (non-hydrogen) atoms. The first-order valence-electron chi connectivity index (χ1n) is 12.0. The molecule has 1 unspecified atom stereocenters. The molecule has 7 N–H and O–H groups in total. The van der Waals surface area contributed by atoms with Crippen molar-refractivity contribution in [2.45, 2.75) is 39.7 Å². The summed E-state index contributed by atoms with van der Waals surface area (Å²) in [5, 5.41) is 6.13. The first kappa shape index (κ1) is 36.7. The summed E-state index contributed by atoms with van der Waals surface area (Å²) in [6.07, 6.45) is 0.396. The Morgan fingerprint density at radius 1 is 1.24 bits per heavy atom. The van der Waals surface area contributed by atoms with E-state index in [9.17, 15) is 18.0 Å². The highest BCUT2D eigenvalue weighted by Crippen LogP contribution is 2.40. The number of amides is 1. The van der Waals surface area contributed by atoms with E-state index in [1.807, 2.05) is 0 Å². The molecule has 2 heterocycles. The number of thiazole rings is 1. The molecule has 0 spiro atoms. The number of ketones is 1. The molecule has 0 saturated carbocycles. The third-order valence-corrected chi connectivity index (χ3v) is 6.87. The van der Waals surface area contributed by atoms with E-state index in [0.717, 1.165) is 23.3 Å². The summed E-state index contributed by atoms with van der Waals surface area (Å²) in [4.78, 5) is 39.2. The van der Waals surface area contributed by atoms with Crippen LogP contribution in [-0.2, 0) is 29.1 Å². The molecule has 0 bridgehead atoms. The van der Waals surface area contributed by atoms with Crippen LogP contribution in [0, 0.1) is 5.92 Å². The number of carbonyl (C=O) groups is 2. The molecule has 1 fully saturated rings. The van der Waals surface area contributed by atoms with Crippen LogP contribution < -0.4 is 21.9 Å². The molecule has 1 aliphatic rings. The Hall–Kier alpha value is -3.29. The number of hydrogen-bond acceptors (Lipinski definition) is 13. The molecule has 1 amide bonds. The van der Waals surface area contributed by atoms with Gasteiger partial charge in [0.15, 0.2) is 23.2 Å². The predicted molar refractivity (Wildman–Crippen MR) is 164 cm³/mol. The van der Waals surface area contributed by atoms with Crippen LogP contribution in [0.15, 0.2) is 39.8 Å². The standard InChI is InChI=1S/C23H31N7O8S2.CH4.H2S/c1-23(2)16(21(32)30(23)38-40(33,34)35)12-18(31)19(17-13-39-22(26)28-17)29-37-11-10-36-15-6-4-14(5-7-15)20(25)27-9-3-8-24;;/h4-7,13,16H,3,8-12,24H2,1-2H3,(H2,25,27)(H2,26,28)(H,33,34,35);1H4;1H2/b29-19-;;. The van der Waals surface area contributed by atoms with E-state index in [0.29, 0.717) is 29.7 Å². The minimum absolute atomic E-state index is 0. The Morgan fingerprint density at radius 2 is 1.90 bits per heavy atom. The number of nitrogens with two attached hydrogens (primary N) is 3. The second-order valence-corrected chi connectivity index (χ2v) is 11.0. The third-order valence-electron chi connectivity index (χ3n) is 5.86. The van der Waals surface area contributed by atoms with Crippen molar-refractivity contribution < 1.29 is 36.4 Å². The van der Waals surface area contributed by atoms with Crippen LogP contribution in [0.5, 0.6) is 5.75 Å². The average molecular weight is 648 g/mol. The predicted octanol–water partition coefficient (Wildman–Crippen LogP) is 1.26. The second-order valence-electron chi connectivity index (χ2n) is 9.09. The van der Waals surface area contributed by atoms with Gasteiger partial charge in [-0.05, 0) is 51.1 Å². The minimum Gasteiger partial charge on any atom is -0.490 e. The number of aliphatic imine (C=N–C) groups is 1. The van der Waals surface area contributed by atoms with Gasteiger partial charge < -0.3 is 26.8 Å². The van der Waals surface area contributed by atoms with E-state index in [2.05, 4.69) is 19.4 Å². The number of Topliss-reactive ketones (excluding diaryl/α,β-unsaturated/α-hetero) is 1. The number of aromatic nitrogens is 1. The summed E-state index contributed by atoms with van der Waals surface area (Å²) in [6.45, 7) is 4.13. The molecule has 1 saturated heterocycles. The van der Waals surface area contributed by atoms with Crippen molar-refractivity contribution in [1.29, 1.82) is 0 Å². The smallest absolute Gasteiger partial charge is 0.418 e. The fourth-order valence-corrected chi connectivity index (χ4v) is 4.70. The van der Waals surface area contributed by atoms with Crippen molar-refractivity contribution in [2.24, 2.45) is 27.5 Å². The van der Waals surface area contributed by atoms with Gasteiger partial charge in [0, 0.05) is 23.9 Å². The normalized spacial score (nSPS) is 16.6. The van der Waals surface area contributed by atoms with Gasteiger partial charge in [-0.3, -0.25) is 19.1 Å². The molecule has 2 aromatic rings. The van der Waals surface area contributed by atoms with Crippen LogP contribution in [0.1, 0.15) is 45.4 Å². The first-order valence-corrected chi connectivity index (χ1v) is 14.3. The molecule has 234 valence electrons. The van der Waals surface area contributed by atoms with Crippen LogP contribution in [0.4, 0.5) is 5.13 Å². The Morgan fingerprint density at radius 3 is 2.45 bits per heavy atom. The lowest BCUT2D eigenvalue weighted by atomic mass is 9.74. The first-order chi connectivity index (χ1) is 18.8. The van der Waals surface area contributed by atoms with Gasteiger partial charge in [-0.15, -0.1) is 15.6 Å². The minimum atomic E-state index is -4.92. The fourth-order valence-electron chi connectivity index (χ4n) is 3.70. The van der Waals surface area contributed by atoms with Crippen LogP contribution in [0.3, 0.4) is 0 Å². The zero-order chi connectivity index (χ0) is 29.5. The number of nitrogens with zero attached hydrogens (tertiary/aromatic N) is 4. The highest BCUT2D eigenvalue weighted by Gasteiger charge is 2.57. The van der Waals surface area contributed by atoms with Crippen molar-refractivity contribution in [3.63, 3.8) is 0 Å². The monoisotopic (exact) mass is 647 g/mol. The van der Waals surface area contributed by atoms with Gasteiger partial charge in [0.05, 0.1) is 11.5 Å². The largest absolute Gasteiger partial charge is 0.490 e. The van der Waals surface area contributed by atoms with Crippen molar-refractivity contribution in [1.82, 2.24) is 10.0 Å². The second kappa shape index (κ2) is 15.8. The Bertz CT molecular complexity index is 1380. The lowest BCUT2D eigenvalue weighted by Gasteiger charge is -2.50. The van der Waals surface area contributed by atoms with Gasteiger partial charge in [0.1, 0.15) is 23.9 Å². The topological polar surface area (TPSA) is 235 Å². The molecule has 15 nitrogen and oxygen atoms in total. The number of β-lactam (4-membered cyclic amide) rings is 1. The van der Waals surface area contributed by atoms with Gasteiger partial charge in [-0.1, -0.05) is 12.6 Å². The molecular formula is C24H37N7O8S3. The zero-order valence-corrected chi connectivity index (χ0v) is 25.0. The van der Waals surface area contributed by atoms with E-state index in [-0.39, 0.29) is 57.1 Å². The molecule has 1 atom stereocenters. The summed E-state index contributed by atoms with van der Waals surface area (Å²) in [5.41, 5.74) is 16.6. The number of benzene rings is 1. The lowest BCUT2D eigenvalue weighted by Crippen LogP contribution is -2.68. The van der Waals surface area contributed by atoms with E-state index in [1.54, 1.807) is 24.3 Å². The van der Waals surface area contributed by atoms with Crippen molar-refractivity contribution >= 4 is 63.6 Å². The van der Waals surface area contributed by atoms with E-state index >= 15 is 0 Å². The van der Waals surface area contributed by atoms with E-state index < -0.39 is 33.5 Å². The quantitative estimate of drug-likeness (QED) is 0.0534. The average Bonchev–Trinajstić information content (AvgIpc) is 3.33. The number of ether oxygens (including phenoxy) is 1. The lowest BCUT2D eigenvalue weighted by molar-refractivity contribution is -0.228. The van der Waals surface area contributed by atoms with Crippen LogP contribution in [0.2, 0.25) is 0 Å². The Labute approximate surface area is 255 Å². The highest BCUT2D eigenvalue weighted by atomic mass is 32.3. The van der Waals surface area contributed by atoms with Crippen LogP contribution in [0.25, 0.3) is 0 Å². The van der Waals surface area contributed by atoms with Crippen molar-refractivity contribution in [3.05, 3.63) is 40.9 Å². The van der Waals surface area contributed by atoms with Crippen LogP contribution >= 0.6 is 24.8 Å². The maximum Gasteiger partial charge on any atom is 0.418 e. The molecule has 0 aliphatic carbocycles. The van der Waals surface area contributed by atoms with Crippen molar-refractivity contribution in [3.8, 4) is 5.75 Å². The number of carbonyl (C=O) groups excluding carboxylic acids is 2.